The number of aryl methyl sites for hydroxylation is 1. The van der Waals surface area contributed by atoms with E-state index in [4.69, 9.17) is 4.42 Å². The van der Waals surface area contributed by atoms with Gasteiger partial charge in [0.2, 0.25) is 0 Å². The molecule has 0 aromatic carbocycles. The predicted octanol–water partition coefficient (Wildman–Crippen LogP) is 2.03. The SMILES string of the molecule is Cn1c2cccnc2c2oc3[n+](c21)Cc1ncccc1-3. The van der Waals surface area contributed by atoms with Crippen molar-refractivity contribution < 1.29 is 8.98 Å². The van der Waals surface area contributed by atoms with Crippen molar-refractivity contribution in [1.82, 2.24) is 14.5 Å². The Bertz CT molecular complexity index is 996. The van der Waals surface area contributed by atoms with E-state index in [1.165, 1.54) is 0 Å². The third-order valence-electron chi connectivity index (χ3n) is 4.01. The van der Waals surface area contributed by atoms with Crippen LogP contribution in [-0.2, 0) is 13.6 Å². The molecule has 5 nitrogen and oxygen atoms in total. The fourth-order valence-corrected chi connectivity index (χ4v) is 3.12. The lowest BCUT2D eigenvalue weighted by atomic mass is 10.2. The molecule has 0 saturated carbocycles. The predicted molar refractivity (Wildman–Crippen MR) is 73.0 cm³/mol. The molecule has 0 spiro atoms. The summed E-state index contributed by atoms with van der Waals surface area (Å²) < 4.78 is 10.4. The van der Waals surface area contributed by atoms with Crippen LogP contribution in [0.1, 0.15) is 5.69 Å². The molecule has 1 aliphatic heterocycles. The largest absolute Gasteiger partial charge is 0.411 e. The molecule has 96 valence electrons. The van der Waals surface area contributed by atoms with Crippen LogP contribution in [0.4, 0.5) is 0 Å². The van der Waals surface area contributed by atoms with Crippen molar-refractivity contribution in [1.29, 1.82) is 0 Å². The molecule has 20 heavy (non-hydrogen) atoms. The van der Waals surface area contributed by atoms with Crippen LogP contribution < -0.4 is 4.57 Å². The summed E-state index contributed by atoms with van der Waals surface area (Å²) in [4.78, 5) is 8.89. The Morgan fingerprint density at radius 2 is 2.05 bits per heavy atom. The Labute approximate surface area is 114 Å². The average molecular weight is 263 g/mol. The van der Waals surface area contributed by atoms with Crippen LogP contribution in [0.15, 0.2) is 41.1 Å². The molecule has 5 heteroatoms. The molecule has 0 saturated heterocycles. The number of hydrogen-bond donors (Lipinski definition) is 0. The Morgan fingerprint density at radius 1 is 1.20 bits per heavy atom. The molecule has 4 aromatic rings. The van der Waals surface area contributed by atoms with Crippen molar-refractivity contribution in [2.24, 2.45) is 7.05 Å². The van der Waals surface area contributed by atoms with Crippen LogP contribution in [0.25, 0.3) is 33.7 Å². The highest BCUT2D eigenvalue weighted by molar-refractivity contribution is 5.99. The van der Waals surface area contributed by atoms with Crippen LogP contribution in [0.5, 0.6) is 0 Å². The molecule has 5 rings (SSSR count). The Kier molecular flexibility index (Phi) is 1.65. The number of aromatic nitrogens is 4. The Balaban J connectivity index is 1.97. The van der Waals surface area contributed by atoms with Crippen LogP contribution in [0.2, 0.25) is 0 Å². The fourth-order valence-electron chi connectivity index (χ4n) is 3.12. The van der Waals surface area contributed by atoms with Crippen molar-refractivity contribution >= 4 is 22.3 Å². The van der Waals surface area contributed by atoms with E-state index in [1.54, 1.807) is 6.20 Å². The molecule has 0 fully saturated rings. The van der Waals surface area contributed by atoms with Crippen LogP contribution in [-0.4, -0.2) is 14.5 Å². The van der Waals surface area contributed by atoms with Gasteiger partial charge in [-0.1, -0.05) is 0 Å². The second kappa shape index (κ2) is 3.25. The number of hydrogen-bond acceptors (Lipinski definition) is 3. The number of fused-ring (bicyclic) bond motifs is 7. The lowest BCUT2D eigenvalue weighted by molar-refractivity contribution is -0.652. The van der Waals surface area contributed by atoms with Gasteiger partial charge < -0.3 is 4.42 Å². The molecule has 0 radical (unpaired) electrons. The highest BCUT2D eigenvalue weighted by Gasteiger charge is 2.35. The molecule has 5 heterocycles. The zero-order chi connectivity index (χ0) is 13.3. The number of pyridine rings is 2. The van der Waals surface area contributed by atoms with Gasteiger partial charge in [-0.3, -0.25) is 4.98 Å². The van der Waals surface area contributed by atoms with E-state index in [0.29, 0.717) is 0 Å². The zero-order valence-corrected chi connectivity index (χ0v) is 10.9. The van der Waals surface area contributed by atoms with E-state index in [-0.39, 0.29) is 0 Å². The van der Waals surface area contributed by atoms with Gasteiger partial charge in [-0.25, -0.2) is 9.55 Å². The van der Waals surface area contributed by atoms with Crippen molar-refractivity contribution in [3.8, 4) is 11.5 Å². The van der Waals surface area contributed by atoms with E-state index >= 15 is 0 Å². The number of rotatable bonds is 0. The van der Waals surface area contributed by atoms with Crippen LogP contribution in [0.3, 0.4) is 0 Å². The van der Waals surface area contributed by atoms with Gasteiger partial charge in [-0.15, -0.1) is 0 Å². The molecule has 0 N–H and O–H groups in total. The van der Waals surface area contributed by atoms with Gasteiger partial charge in [0.25, 0.3) is 11.5 Å². The fraction of sp³-hybridized carbons (Fsp3) is 0.133. The first-order chi connectivity index (χ1) is 9.84. The van der Waals surface area contributed by atoms with Gasteiger partial charge in [0.15, 0.2) is 11.0 Å². The second-order valence-corrected chi connectivity index (χ2v) is 5.07. The maximum absolute atomic E-state index is 6.11. The van der Waals surface area contributed by atoms with Crippen molar-refractivity contribution in [3.63, 3.8) is 0 Å². The minimum atomic E-state index is 0.753. The summed E-state index contributed by atoms with van der Waals surface area (Å²) in [5.74, 6) is 0.876. The van der Waals surface area contributed by atoms with Gasteiger partial charge in [0.05, 0.1) is 18.3 Å². The third kappa shape index (κ3) is 1.02. The minimum Gasteiger partial charge on any atom is -0.411 e. The molecule has 0 atom stereocenters. The summed E-state index contributed by atoms with van der Waals surface area (Å²) >= 11 is 0. The van der Waals surface area contributed by atoms with E-state index in [1.807, 2.05) is 25.4 Å². The first-order valence-corrected chi connectivity index (χ1v) is 6.54. The summed E-state index contributed by atoms with van der Waals surface area (Å²) in [6.45, 7) is 0.753. The highest BCUT2D eigenvalue weighted by Crippen LogP contribution is 2.33. The van der Waals surface area contributed by atoms with Crippen molar-refractivity contribution in [2.75, 3.05) is 0 Å². The van der Waals surface area contributed by atoms with E-state index in [9.17, 15) is 0 Å². The van der Waals surface area contributed by atoms with Gasteiger partial charge in [0, 0.05) is 12.4 Å². The van der Waals surface area contributed by atoms with Gasteiger partial charge in [0.1, 0.15) is 6.54 Å². The lowest BCUT2D eigenvalue weighted by Crippen LogP contribution is -2.32. The minimum absolute atomic E-state index is 0.753. The molecule has 4 aromatic heterocycles. The maximum Gasteiger partial charge on any atom is 0.331 e. The Hall–Kier alpha value is -2.69. The summed E-state index contributed by atoms with van der Waals surface area (Å²) in [5.41, 5.74) is 6.05. The number of oxazole rings is 1. The van der Waals surface area contributed by atoms with E-state index in [2.05, 4.69) is 31.2 Å². The highest BCUT2D eigenvalue weighted by atomic mass is 16.4. The molecule has 0 amide bonds. The average Bonchev–Trinajstić information content (AvgIpc) is 3.09. The first kappa shape index (κ1) is 10.1. The molecule has 1 aliphatic rings. The maximum atomic E-state index is 6.11. The van der Waals surface area contributed by atoms with Gasteiger partial charge in [-0.2, -0.15) is 4.57 Å². The zero-order valence-electron chi connectivity index (χ0n) is 10.9. The summed E-state index contributed by atoms with van der Waals surface area (Å²) in [7, 11) is 2.05. The third-order valence-corrected chi connectivity index (χ3v) is 4.01. The molecule has 0 unspecified atom stereocenters. The quantitative estimate of drug-likeness (QED) is 0.402. The standard InChI is InChI=1S/C15H11N4O/c1-18-11-5-3-7-17-12(11)13-14(18)19-8-10-9(15(19)20-13)4-2-6-16-10/h2-7H,8H2,1H3/q+1. The van der Waals surface area contributed by atoms with Crippen LogP contribution >= 0.6 is 0 Å². The molecule has 0 bridgehead atoms. The molecule has 0 aliphatic carbocycles. The molecular formula is C15H11N4O+. The van der Waals surface area contributed by atoms with Gasteiger partial charge in [-0.05, 0) is 24.3 Å². The summed E-state index contributed by atoms with van der Waals surface area (Å²) in [6, 6.07) is 8.00. The van der Waals surface area contributed by atoms with Crippen molar-refractivity contribution in [2.45, 2.75) is 6.54 Å². The first-order valence-electron chi connectivity index (χ1n) is 6.54. The lowest BCUT2D eigenvalue weighted by Gasteiger charge is -1.91. The smallest absolute Gasteiger partial charge is 0.331 e. The monoisotopic (exact) mass is 263 g/mol. The topological polar surface area (TPSA) is 47.7 Å². The molecular weight excluding hydrogens is 252 g/mol. The Morgan fingerprint density at radius 3 is 3.00 bits per heavy atom. The van der Waals surface area contributed by atoms with Gasteiger partial charge >= 0.3 is 5.65 Å². The van der Waals surface area contributed by atoms with Crippen LogP contribution in [0, 0.1) is 0 Å². The van der Waals surface area contributed by atoms with E-state index in [0.717, 1.165) is 46.0 Å². The number of nitrogens with zero attached hydrogens (tertiary/aromatic N) is 4. The van der Waals surface area contributed by atoms with Crippen molar-refractivity contribution in [3.05, 3.63) is 42.4 Å². The summed E-state index contributed by atoms with van der Waals surface area (Å²) in [5, 5.41) is 0. The second-order valence-electron chi connectivity index (χ2n) is 5.07. The normalized spacial score (nSPS) is 13.1. The summed E-state index contributed by atoms with van der Waals surface area (Å²) in [6.07, 6.45) is 3.63. The van der Waals surface area contributed by atoms with E-state index < -0.39 is 0 Å².